The third-order valence-electron chi connectivity index (χ3n) is 4.42. The van der Waals surface area contributed by atoms with E-state index < -0.39 is 6.16 Å². The van der Waals surface area contributed by atoms with Gasteiger partial charge in [-0.15, -0.1) is 0 Å². The fourth-order valence-corrected chi connectivity index (χ4v) is 2.75. The number of hydrogen-bond donors (Lipinski definition) is 3. The van der Waals surface area contributed by atoms with Crippen molar-refractivity contribution >= 4 is 29.3 Å². The van der Waals surface area contributed by atoms with Gasteiger partial charge in [0.15, 0.2) is 0 Å². The third-order valence-corrected chi connectivity index (χ3v) is 4.42. The molecule has 0 saturated heterocycles. The minimum absolute atomic E-state index is 0.197. The van der Waals surface area contributed by atoms with Crippen LogP contribution in [0.5, 0.6) is 5.75 Å². The number of ether oxygens (including phenoxy) is 2. The highest BCUT2D eigenvalue weighted by Gasteiger charge is 2.09. The third kappa shape index (κ3) is 6.33. The van der Waals surface area contributed by atoms with Crippen LogP contribution in [-0.2, 0) is 11.3 Å². The molecule has 0 aliphatic rings. The largest absolute Gasteiger partial charge is 0.513 e. The van der Waals surface area contributed by atoms with E-state index in [1.807, 2.05) is 12.1 Å². The van der Waals surface area contributed by atoms with Crippen LogP contribution in [0, 0.1) is 0 Å². The molecule has 0 heterocycles. The van der Waals surface area contributed by atoms with Gasteiger partial charge >= 0.3 is 6.16 Å². The van der Waals surface area contributed by atoms with Gasteiger partial charge in [-0.2, -0.15) is 0 Å². The van der Waals surface area contributed by atoms with Crippen molar-refractivity contribution < 1.29 is 23.9 Å². The summed E-state index contributed by atoms with van der Waals surface area (Å²) in [6.45, 7) is 2.24. The van der Waals surface area contributed by atoms with Crippen molar-refractivity contribution in [3.05, 3.63) is 89.5 Å². The predicted octanol–water partition coefficient (Wildman–Crippen LogP) is 3.99. The highest BCUT2D eigenvalue weighted by atomic mass is 16.7. The van der Waals surface area contributed by atoms with Gasteiger partial charge in [0.25, 0.3) is 11.8 Å². The molecule has 0 spiro atoms. The van der Waals surface area contributed by atoms with Crippen molar-refractivity contribution in [2.24, 2.45) is 0 Å². The molecule has 3 aromatic carbocycles. The second-order valence-electron chi connectivity index (χ2n) is 6.77. The first kappa shape index (κ1) is 22.4. The van der Waals surface area contributed by atoms with Crippen LogP contribution in [-0.4, -0.2) is 24.6 Å². The fraction of sp³-hybridized carbons (Fsp3) is 0.125. The smallest absolute Gasteiger partial charge is 0.434 e. The zero-order valence-corrected chi connectivity index (χ0v) is 17.5. The van der Waals surface area contributed by atoms with Gasteiger partial charge in [0.1, 0.15) is 5.75 Å². The molecule has 8 heteroatoms. The Bertz CT molecular complexity index is 1080. The van der Waals surface area contributed by atoms with Crippen LogP contribution in [0.15, 0.2) is 72.8 Å². The molecule has 0 radical (unpaired) electrons. The van der Waals surface area contributed by atoms with E-state index in [1.54, 1.807) is 55.5 Å². The highest BCUT2D eigenvalue weighted by Crippen LogP contribution is 2.16. The summed E-state index contributed by atoms with van der Waals surface area (Å²) in [6, 6.07) is 19.9. The molecular formula is C24H23N3O5. The number of nitrogens with one attached hydrogen (secondary N) is 2. The molecular weight excluding hydrogens is 410 g/mol. The summed E-state index contributed by atoms with van der Waals surface area (Å²) >= 11 is 0. The minimum atomic E-state index is -0.797. The summed E-state index contributed by atoms with van der Waals surface area (Å²) < 4.78 is 9.67. The summed E-state index contributed by atoms with van der Waals surface area (Å²) in [5.74, 6) is -0.222. The topological polar surface area (TPSA) is 120 Å². The first-order valence-corrected chi connectivity index (χ1v) is 9.93. The highest BCUT2D eigenvalue weighted by molar-refractivity contribution is 6.04. The second-order valence-corrected chi connectivity index (χ2v) is 6.77. The van der Waals surface area contributed by atoms with Crippen LogP contribution in [0.25, 0.3) is 0 Å². The van der Waals surface area contributed by atoms with Crippen LogP contribution in [0.2, 0.25) is 0 Å². The van der Waals surface area contributed by atoms with E-state index in [9.17, 15) is 14.4 Å². The van der Waals surface area contributed by atoms with E-state index in [-0.39, 0.29) is 24.2 Å². The molecule has 3 aromatic rings. The predicted molar refractivity (Wildman–Crippen MR) is 121 cm³/mol. The van der Waals surface area contributed by atoms with Crippen LogP contribution in [0.1, 0.15) is 33.2 Å². The van der Waals surface area contributed by atoms with E-state index in [0.717, 1.165) is 5.56 Å². The van der Waals surface area contributed by atoms with E-state index in [4.69, 9.17) is 15.2 Å². The van der Waals surface area contributed by atoms with Crippen LogP contribution in [0.3, 0.4) is 0 Å². The average molecular weight is 433 g/mol. The SMILES string of the molecule is CCOC(=O)Oc1ccc(C(=O)Nc2ccc(CNC(=O)c3ccc(N)cc3)cc2)cc1. The molecule has 4 N–H and O–H groups in total. The van der Waals surface area contributed by atoms with Crippen LogP contribution in [0.4, 0.5) is 16.2 Å². The van der Waals surface area contributed by atoms with E-state index in [1.165, 1.54) is 12.1 Å². The van der Waals surface area contributed by atoms with Gasteiger partial charge in [-0.05, 0) is 73.2 Å². The van der Waals surface area contributed by atoms with Crippen molar-refractivity contribution in [2.45, 2.75) is 13.5 Å². The lowest BCUT2D eigenvalue weighted by molar-refractivity contribution is 0.0949. The number of hydrogen-bond acceptors (Lipinski definition) is 6. The Morgan fingerprint density at radius 1 is 0.812 bits per heavy atom. The van der Waals surface area contributed by atoms with Gasteiger partial charge in [0, 0.05) is 29.0 Å². The average Bonchev–Trinajstić information content (AvgIpc) is 2.79. The lowest BCUT2D eigenvalue weighted by atomic mass is 10.1. The Labute approximate surface area is 185 Å². The van der Waals surface area contributed by atoms with Gasteiger partial charge in [0.2, 0.25) is 0 Å². The molecule has 0 atom stereocenters. The van der Waals surface area contributed by atoms with Crippen molar-refractivity contribution in [3.8, 4) is 5.75 Å². The number of benzene rings is 3. The van der Waals surface area contributed by atoms with Gasteiger partial charge in [-0.25, -0.2) is 4.79 Å². The normalized spacial score (nSPS) is 10.2. The molecule has 0 aliphatic heterocycles. The number of carbonyl (C=O) groups is 3. The second kappa shape index (κ2) is 10.6. The molecule has 0 aromatic heterocycles. The van der Waals surface area contributed by atoms with Gasteiger partial charge in [0.05, 0.1) is 6.61 Å². The van der Waals surface area contributed by atoms with Crippen molar-refractivity contribution in [2.75, 3.05) is 17.7 Å². The van der Waals surface area contributed by atoms with Crippen molar-refractivity contribution in [1.82, 2.24) is 5.32 Å². The van der Waals surface area contributed by atoms with E-state index in [0.29, 0.717) is 29.0 Å². The van der Waals surface area contributed by atoms with Crippen LogP contribution >= 0.6 is 0 Å². The zero-order chi connectivity index (χ0) is 22.9. The first-order valence-electron chi connectivity index (χ1n) is 9.93. The summed E-state index contributed by atoms with van der Waals surface area (Å²) in [4.78, 5) is 35.9. The molecule has 0 bridgehead atoms. The van der Waals surface area contributed by atoms with Crippen LogP contribution < -0.4 is 21.1 Å². The first-order chi connectivity index (χ1) is 15.4. The Morgan fingerprint density at radius 2 is 1.41 bits per heavy atom. The van der Waals surface area contributed by atoms with Gasteiger partial charge in [-0.3, -0.25) is 9.59 Å². The maximum atomic E-state index is 12.4. The van der Waals surface area contributed by atoms with Crippen molar-refractivity contribution in [3.63, 3.8) is 0 Å². The lowest BCUT2D eigenvalue weighted by Crippen LogP contribution is -2.22. The number of amides is 2. The number of nitrogens with two attached hydrogens (primary N) is 1. The molecule has 3 rings (SSSR count). The Morgan fingerprint density at radius 3 is 2.03 bits per heavy atom. The molecule has 164 valence electrons. The molecule has 0 fully saturated rings. The molecule has 0 unspecified atom stereocenters. The van der Waals surface area contributed by atoms with E-state index in [2.05, 4.69) is 10.6 Å². The Balaban J connectivity index is 1.51. The number of anilines is 2. The molecule has 2 amide bonds. The maximum absolute atomic E-state index is 12.4. The summed E-state index contributed by atoms with van der Waals surface area (Å²) in [5.41, 5.74) is 8.65. The standard InChI is InChI=1S/C24H23N3O5/c1-2-31-24(30)32-21-13-7-18(8-14-21)23(29)27-20-11-3-16(4-12-20)15-26-22(28)17-5-9-19(25)10-6-17/h3-14H,2,15,25H2,1H3,(H,26,28)(H,27,29). The quantitative estimate of drug-likeness (QED) is 0.294. The lowest BCUT2D eigenvalue weighted by Gasteiger charge is -2.09. The number of nitrogen functional groups attached to an aromatic ring is 1. The minimum Gasteiger partial charge on any atom is -0.434 e. The number of rotatable bonds is 7. The fourth-order valence-electron chi connectivity index (χ4n) is 2.75. The van der Waals surface area contributed by atoms with Crippen molar-refractivity contribution in [1.29, 1.82) is 0 Å². The van der Waals surface area contributed by atoms with E-state index >= 15 is 0 Å². The van der Waals surface area contributed by atoms with Gasteiger partial charge in [-0.1, -0.05) is 12.1 Å². The van der Waals surface area contributed by atoms with Gasteiger partial charge < -0.3 is 25.8 Å². The monoisotopic (exact) mass is 433 g/mol. The summed E-state index contributed by atoms with van der Waals surface area (Å²) in [7, 11) is 0. The number of carbonyl (C=O) groups excluding carboxylic acids is 3. The molecule has 0 aliphatic carbocycles. The summed E-state index contributed by atoms with van der Waals surface area (Å²) in [6.07, 6.45) is -0.797. The summed E-state index contributed by atoms with van der Waals surface area (Å²) in [5, 5.41) is 5.63. The molecule has 32 heavy (non-hydrogen) atoms. The Hall–Kier alpha value is -4.33. The maximum Gasteiger partial charge on any atom is 0.513 e. The molecule has 0 saturated carbocycles. The zero-order valence-electron chi connectivity index (χ0n) is 17.5. The Kier molecular flexibility index (Phi) is 7.42. The molecule has 8 nitrogen and oxygen atoms in total.